The zero-order valence-electron chi connectivity index (χ0n) is 12.6. The molecular weight excluding hydrogens is 298 g/mol. The third-order valence-electron chi connectivity index (χ3n) is 4.80. The molecule has 0 aliphatic heterocycles. The summed E-state index contributed by atoms with van der Waals surface area (Å²) in [4.78, 5) is 12.5. The van der Waals surface area contributed by atoms with Crippen LogP contribution in [0.2, 0.25) is 0 Å². The highest BCUT2D eigenvalue weighted by Crippen LogP contribution is 2.39. The summed E-state index contributed by atoms with van der Waals surface area (Å²) >= 11 is 0. The van der Waals surface area contributed by atoms with Gasteiger partial charge in [-0.15, -0.1) is 0 Å². The number of fused-ring (bicyclic) bond motifs is 1. The molecule has 0 amide bonds. The van der Waals surface area contributed by atoms with E-state index in [1.165, 1.54) is 0 Å². The van der Waals surface area contributed by atoms with Crippen LogP contribution < -0.4 is 4.72 Å². The fraction of sp³-hybridized carbons (Fsp3) is 0.471. The second-order valence-corrected chi connectivity index (χ2v) is 8.63. The number of benzene rings is 1. The molecule has 0 atom stereocenters. The molecule has 0 bridgehead atoms. The Bertz CT molecular complexity index is 799. The molecule has 0 spiro atoms. The van der Waals surface area contributed by atoms with Gasteiger partial charge in [0.25, 0.3) is 0 Å². The molecule has 1 N–H and O–H groups in total. The molecule has 0 heterocycles. The number of nitrogens with one attached hydrogen (secondary N) is 1. The number of sulfonamides is 1. The third-order valence-corrected chi connectivity index (χ3v) is 6.43. The fourth-order valence-corrected chi connectivity index (χ4v) is 4.48. The van der Waals surface area contributed by atoms with Gasteiger partial charge in [0, 0.05) is 17.0 Å². The smallest absolute Gasteiger partial charge is 0.241 e. The lowest BCUT2D eigenvalue weighted by atomic mass is 10.0. The Morgan fingerprint density at radius 2 is 2.00 bits per heavy atom. The van der Waals surface area contributed by atoms with Crippen molar-refractivity contribution in [3.63, 3.8) is 0 Å². The molecule has 0 unspecified atom stereocenters. The van der Waals surface area contributed by atoms with Crippen molar-refractivity contribution in [2.24, 2.45) is 5.92 Å². The summed E-state index contributed by atoms with van der Waals surface area (Å²) in [5.41, 5.74) is 2.35. The van der Waals surface area contributed by atoms with Crippen molar-refractivity contribution >= 4 is 21.4 Å². The predicted molar refractivity (Wildman–Crippen MR) is 83.8 cm³/mol. The lowest BCUT2D eigenvalue weighted by Gasteiger charge is -2.13. The summed E-state index contributed by atoms with van der Waals surface area (Å²) in [5, 5.41) is 0. The molecule has 1 aromatic carbocycles. The van der Waals surface area contributed by atoms with Gasteiger partial charge in [-0.25, -0.2) is 13.1 Å². The number of allylic oxidation sites excluding steroid dienone is 2. The van der Waals surface area contributed by atoms with Gasteiger partial charge in [-0.1, -0.05) is 12.1 Å². The van der Waals surface area contributed by atoms with Crippen LogP contribution in [0.5, 0.6) is 0 Å². The van der Waals surface area contributed by atoms with E-state index in [0.29, 0.717) is 11.3 Å². The Morgan fingerprint density at radius 1 is 1.27 bits per heavy atom. The van der Waals surface area contributed by atoms with E-state index in [1.54, 1.807) is 18.2 Å². The van der Waals surface area contributed by atoms with Crippen molar-refractivity contribution in [3.05, 3.63) is 35.4 Å². The molecule has 4 nitrogen and oxygen atoms in total. The Morgan fingerprint density at radius 3 is 2.64 bits per heavy atom. The summed E-state index contributed by atoms with van der Waals surface area (Å²) < 4.78 is 27.6. The standard InChI is InChI=1S/C17H19NO3S/c1-17(8-9-17)18-22(20,21)13-5-7-14-12(10-13)4-6-15(14)16(19)11-2-3-11/h5-7,10-11,18H,2-4,8-9H2,1H3. The van der Waals surface area contributed by atoms with E-state index in [-0.39, 0.29) is 17.2 Å². The first-order valence-electron chi connectivity index (χ1n) is 7.80. The maximum atomic E-state index is 12.4. The van der Waals surface area contributed by atoms with Gasteiger partial charge in [0.1, 0.15) is 0 Å². The number of rotatable bonds is 5. The molecule has 5 heteroatoms. The van der Waals surface area contributed by atoms with Crippen LogP contribution in [0.1, 0.15) is 43.7 Å². The first kappa shape index (κ1) is 14.2. The van der Waals surface area contributed by atoms with Crippen LogP contribution in [0, 0.1) is 5.92 Å². The largest absolute Gasteiger partial charge is 0.294 e. The molecule has 4 rings (SSSR count). The monoisotopic (exact) mass is 317 g/mol. The lowest BCUT2D eigenvalue weighted by Crippen LogP contribution is -2.34. The Labute approximate surface area is 130 Å². The second kappa shape index (κ2) is 4.52. The Balaban J connectivity index is 1.62. The summed E-state index contributed by atoms with van der Waals surface area (Å²) in [6, 6.07) is 5.12. The molecule has 3 aliphatic rings. The van der Waals surface area contributed by atoms with Crippen molar-refractivity contribution < 1.29 is 13.2 Å². The molecule has 0 saturated heterocycles. The zero-order valence-corrected chi connectivity index (χ0v) is 13.4. The quantitative estimate of drug-likeness (QED) is 0.907. The Kier molecular flexibility index (Phi) is 2.91. The highest BCUT2D eigenvalue weighted by atomic mass is 32.2. The number of carbonyl (C=O) groups excluding carboxylic acids is 1. The van der Waals surface area contributed by atoms with Crippen LogP contribution in [0.15, 0.2) is 29.2 Å². The molecular formula is C17H19NO3S. The number of ketones is 1. The lowest BCUT2D eigenvalue weighted by molar-refractivity contribution is -0.114. The van der Waals surface area contributed by atoms with E-state index >= 15 is 0 Å². The average molecular weight is 317 g/mol. The van der Waals surface area contributed by atoms with Crippen LogP contribution >= 0.6 is 0 Å². The third kappa shape index (κ3) is 2.42. The molecule has 2 fully saturated rings. The van der Waals surface area contributed by atoms with Crippen molar-refractivity contribution in [1.82, 2.24) is 4.72 Å². The Hall–Kier alpha value is -1.46. The van der Waals surface area contributed by atoms with Gasteiger partial charge < -0.3 is 0 Å². The van der Waals surface area contributed by atoms with Crippen LogP contribution in [0.4, 0.5) is 0 Å². The second-order valence-electron chi connectivity index (χ2n) is 6.95. The van der Waals surface area contributed by atoms with Gasteiger partial charge in [-0.2, -0.15) is 0 Å². The normalized spacial score (nSPS) is 22.1. The van der Waals surface area contributed by atoms with Crippen molar-refractivity contribution in [3.8, 4) is 0 Å². The summed E-state index contributed by atoms with van der Waals surface area (Å²) in [5.74, 6) is 0.412. The molecule has 3 aliphatic carbocycles. The van der Waals surface area contributed by atoms with Gasteiger partial charge in [0.05, 0.1) is 4.90 Å². The van der Waals surface area contributed by atoms with Crippen LogP contribution in [-0.2, 0) is 21.2 Å². The number of Topliss-reactive ketones (excluding diaryl/α,β-unsaturated/α-hetero) is 1. The van der Waals surface area contributed by atoms with Crippen molar-refractivity contribution in [2.75, 3.05) is 0 Å². The summed E-state index contributed by atoms with van der Waals surface area (Å²) in [7, 11) is -3.48. The first-order valence-corrected chi connectivity index (χ1v) is 9.28. The number of hydrogen-bond acceptors (Lipinski definition) is 3. The minimum Gasteiger partial charge on any atom is -0.294 e. The predicted octanol–water partition coefficient (Wildman–Crippen LogP) is 2.44. The zero-order chi connectivity index (χ0) is 15.5. The van der Waals surface area contributed by atoms with Gasteiger partial charge in [0.2, 0.25) is 10.0 Å². The highest BCUT2D eigenvalue weighted by molar-refractivity contribution is 7.89. The summed E-state index contributed by atoms with van der Waals surface area (Å²) in [6.45, 7) is 1.92. The topological polar surface area (TPSA) is 63.2 Å². The van der Waals surface area contributed by atoms with Crippen molar-refractivity contribution in [2.45, 2.75) is 49.5 Å². The number of carbonyl (C=O) groups is 1. The van der Waals surface area contributed by atoms with E-state index < -0.39 is 10.0 Å². The van der Waals surface area contributed by atoms with E-state index in [1.807, 2.05) is 13.0 Å². The van der Waals surface area contributed by atoms with E-state index in [2.05, 4.69) is 4.72 Å². The van der Waals surface area contributed by atoms with Crippen molar-refractivity contribution in [1.29, 1.82) is 0 Å². The molecule has 1 aromatic rings. The molecule has 2 saturated carbocycles. The molecule has 22 heavy (non-hydrogen) atoms. The molecule has 0 aromatic heterocycles. The molecule has 116 valence electrons. The minimum absolute atomic E-state index is 0.192. The van der Waals surface area contributed by atoms with Gasteiger partial charge >= 0.3 is 0 Å². The van der Waals surface area contributed by atoms with E-state index in [0.717, 1.165) is 42.4 Å². The maximum absolute atomic E-state index is 12.4. The highest BCUT2D eigenvalue weighted by Gasteiger charge is 2.41. The van der Waals surface area contributed by atoms with E-state index in [4.69, 9.17) is 0 Å². The average Bonchev–Trinajstić information content (AvgIpc) is 3.37. The number of hydrogen-bond donors (Lipinski definition) is 1. The van der Waals surface area contributed by atoms with E-state index in [9.17, 15) is 13.2 Å². The van der Waals surface area contributed by atoms with Crippen LogP contribution in [-0.4, -0.2) is 19.7 Å². The molecule has 0 radical (unpaired) electrons. The first-order chi connectivity index (χ1) is 10.4. The minimum atomic E-state index is -3.48. The van der Waals surface area contributed by atoms with Gasteiger partial charge in [0.15, 0.2) is 5.78 Å². The fourth-order valence-electron chi connectivity index (χ4n) is 2.96. The van der Waals surface area contributed by atoms with Gasteiger partial charge in [-0.05, 0) is 62.3 Å². The van der Waals surface area contributed by atoms with Gasteiger partial charge in [-0.3, -0.25) is 4.79 Å². The summed E-state index contributed by atoms with van der Waals surface area (Å²) in [6.07, 6.45) is 6.33. The maximum Gasteiger partial charge on any atom is 0.241 e. The van der Waals surface area contributed by atoms with Crippen LogP contribution in [0.25, 0.3) is 5.57 Å². The SMILES string of the molecule is CC1(NS(=O)(=O)c2ccc3c(c2)CC=C3C(=O)C2CC2)CC1. The van der Waals surface area contributed by atoms with Crippen LogP contribution in [0.3, 0.4) is 0 Å².